The molecule has 106 valence electrons. The maximum absolute atomic E-state index is 12.2. The van der Waals surface area contributed by atoms with Gasteiger partial charge in [-0.05, 0) is 33.8 Å². The van der Waals surface area contributed by atoms with E-state index >= 15 is 0 Å². The van der Waals surface area contributed by atoms with Crippen LogP contribution in [0.3, 0.4) is 0 Å². The number of aromatic nitrogens is 2. The van der Waals surface area contributed by atoms with Crippen LogP contribution in [0, 0.1) is 17.0 Å². The second kappa shape index (κ2) is 4.59. The van der Waals surface area contributed by atoms with Gasteiger partial charge in [0.1, 0.15) is 11.4 Å². The Kier molecular flexibility index (Phi) is 3.21. The Balaban J connectivity index is 2.66. The third-order valence-electron chi connectivity index (χ3n) is 2.60. The van der Waals surface area contributed by atoms with Crippen LogP contribution in [0.25, 0.3) is 11.0 Å². The van der Waals surface area contributed by atoms with E-state index in [-0.39, 0.29) is 11.2 Å². The van der Waals surface area contributed by atoms with E-state index in [1.807, 2.05) is 0 Å². The lowest BCUT2D eigenvalue weighted by Gasteiger charge is -2.20. The average molecular weight is 277 g/mol. The fourth-order valence-corrected chi connectivity index (χ4v) is 1.90. The number of carbonyl (C=O) groups excluding carboxylic acids is 1. The molecule has 20 heavy (non-hydrogen) atoms. The summed E-state index contributed by atoms with van der Waals surface area (Å²) < 4.78 is 6.40. The molecule has 0 aliphatic carbocycles. The number of aryl methyl sites for hydroxylation is 1. The van der Waals surface area contributed by atoms with E-state index in [9.17, 15) is 14.9 Å². The Morgan fingerprint density at radius 2 is 2.05 bits per heavy atom. The highest BCUT2D eigenvalue weighted by molar-refractivity contribution is 5.93. The summed E-state index contributed by atoms with van der Waals surface area (Å²) in [5.41, 5.74) is -0.315. The van der Waals surface area contributed by atoms with E-state index in [1.165, 1.54) is 12.1 Å². The van der Waals surface area contributed by atoms with E-state index in [2.05, 4.69) is 4.98 Å². The third-order valence-corrected chi connectivity index (χ3v) is 2.60. The van der Waals surface area contributed by atoms with Crippen LogP contribution in [0.1, 0.15) is 26.6 Å². The van der Waals surface area contributed by atoms with Crippen molar-refractivity contribution >= 4 is 22.8 Å². The smallest absolute Gasteiger partial charge is 0.420 e. The first kappa shape index (κ1) is 14.0. The Morgan fingerprint density at radius 1 is 1.40 bits per heavy atom. The fourth-order valence-electron chi connectivity index (χ4n) is 1.90. The van der Waals surface area contributed by atoms with Crippen LogP contribution in [-0.4, -0.2) is 26.2 Å². The summed E-state index contributed by atoms with van der Waals surface area (Å²) in [5.74, 6) is 0.351. The van der Waals surface area contributed by atoms with E-state index < -0.39 is 16.6 Å². The van der Waals surface area contributed by atoms with Crippen LogP contribution in [-0.2, 0) is 4.74 Å². The van der Waals surface area contributed by atoms with Crippen molar-refractivity contribution < 1.29 is 14.5 Å². The molecular formula is C13H15N3O4. The Bertz CT molecular complexity index is 697. The molecule has 0 amide bonds. The second-order valence-electron chi connectivity index (χ2n) is 5.38. The van der Waals surface area contributed by atoms with Gasteiger partial charge in [-0.15, -0.1) is 0 Å². The van der Waals surface area contributed by atoms with Gasteiger partial charge in [-0.1, -0.05) is 6.07 Å². The van der Waals surface area contributed by atoms with Crippen molar-refractivity contribution in [2.75, 3.05) is 0 Å². The Morgan fingerprint density at radius 3 is 2.60 bits per heavy atom. The maximum Gasteiger partial charge on any atom is 0.420 e. The second-order valence-corrected chi connectivity index (χ2v) is 5.38. The van der Waals surface area contributed by atoms with E-state index in [4.69, 9.17) is 4.74 Å². The highest BCUT2D eigenvalue weighted by atomic mass is 16.6. The number of carbonyl (C=O) groups is 1. The Labute approximate surface area is 115 Å². The molecule has 0 radical (unpaired) electrons. The molecule has 0 unspecified atom stereocenters. The number of imidazole rings is 1. The topological polar surface area (TPSA) is 87.3 Å². The molecule has 0 atom stereocenters. The molecule has 0 fully saturated rings. The number of nitro benzene ring substituents is 1. The van der Waals surface area contributed by atoms with Crippen molar-refractivity contribution in [2.45, 2.75) is 33.3 Å². The van der Waals surface area contributed by atoms with Gasteiger partial charge in [-0.2, -0.15) is 0 Å². The minimum absolute atomic E-state index is 0.157. The molecule has 0 saturated heterocycles. The van der Waals surface area contributed by atoms with Crippen molar-refractivity contribution in [3.63, 3.8) is 0 Å². The third kappa shape index (κ3) is 2.47. The zero-order chi connectivity index (χ0) is 15.1. The predicted molar refractivity (Wildman–Crippen MR) is 72.8 cm³/mol. The highest BCUT2D eigenvalue weighted by Crippen LogP contribution is 2.27. The van der Waals surface area contributed by atoms with E-state index in [0.29, 0.717) is 11.3 Å². The van der Waals surface area contributed by atoms with Gasteiger partial charge in [0.25, 0.3) is 5.69 Å². The fraction of sp³-hybridized carbons (Fsp3) is 0.385. The van der Waals surface area contributed by atoms with E-state index in [1.54, 1.807) is 33.8 Å². The average Bonchev–Trinajstić information content (AvgIpc) is 2.61. The molecule has 0 bridgehead atoms. The summed E-state index contributed by atoms with van der Waals surface area (Å²) in [6, 6.07) is 4.49. The first-order chi connectivity index (χ1) is 9.20. The lowest BCUT2D eigenvalue weighted by atomic mass is 10.2. The number of fused-ring (bicyclic) bond motifs is 1. The molecule has 2 rings (SSSR count). The van der Waals surface area contributed by atoms with Crippen LogP contribution < -0.4 is 0 Å². The summed E-state index contributed by atoms with van der Waals surface area (Å²) in [7, 11) is 0. The van der Waals surface area contributed by atoms with Gasteiger partial charge >= 0.3 is 6.09 Å². The molecule has 7 heteroatoms. The molecule has 2 aromatic rings. The van der Waals surface area contributed by atoms with Crippen LogP contribution in [0.2, 0.25) is 0 Å². The lowest BCUT2D eigenvalue weighted by molar-refractivity contribution is -0.383. The van der Waals surface area contributed by atoms with Gasteiger partial charge in [0, 0.05) is 6.07 Å². The zero-order valence-electron chi connectivity index (χ0n) is 11.7. The SMILES string of the molecule is Cc1nc2cccc([N+](=O)[O-])c2n1C(=O)OC(C)(C)C. The standard InChI is InChI=1S/C13H15N3O4/c1-8-14-9-6-5-7-10(16(18)19)11(9)15(8)12(17)20-13(2,3)4/h5-7H,1-4H3. The number of para-hydroxylation sites is 1. The number of nitrogens with zero attached hydrogens (tertiary/aromatic N) is 3. The van der Waals surface area contributed by atoms with Crippen molar-refractivity contribution in [3.05, 3.63) is 34.1 Å². The van der Waals surface area contributed by atoms with Crippen LogP contribution in [0.4, 0.5) is 10.5 Å². The molecule has 0 aliphatic rings. The molecule has 1 heterocycles. The van der Waals surface area contributed by atoms with Crippen molar-refractivity contribution in [1.82, 2.24) is 9.55 Å². The van der Waals surface area contributed by atoms with Crippen LogP contribution in [0.15, 0.2) is 18.2 Å². The minimum Gasteiger partial charge on any atom is -0.443 e. The number of hydrogen-bond donors (Lipinski definition) is 0. The maximum atomic E-state index is 12.2. The van der Waals surface area contributed by atoms with Gasteiger partial charge in [0.15, 0.2) is 5.52 Å². The molecule has 1 aromatic heterocycles. The minimum atomic E-state index is -0.691. The quantitative estimate of drug-likeness (QED) is 0.590. The Hall–Kier alpha value is -2.44. The summed E-state index contributed by atoms with van der Waals surface area (Å²) in [6.07, 6.45) is -0.674. The molecule has 0 saturated carbocycles. The molecule has 1 aromatic carbocycles. The molecule has 0 spiro atoms. The predicted octanol–water partition coefficient (Wildman–Crippen LogP) is 3.04. The normalized spacial score (nSPS) is 11.6. The molecule has 0 N–H and O–H groups in total. The summed E-state index contributed by atoms with van der Waals surface area (Å²) >= 11 is 0. The van der Waals surface area contributed by atoms with Gasteiger partial charge in [0.05, 0.1) is 10.4 Å². The largest absolute Gasteiger partial charge is 0.443 e. The molecule has 7 nitrogen and oxygen atoms in total. The van der Waals surface area contributed by atoms with Gasteiger partial charge in [0.2, 0.25) is 0 Å². The highest BCUT2D eigenvalue weighted by Gasteiger charge is 2.26. The van der Waals surface area contributed by atoms with Crippen molar-refractivity contribution in [2.24, 2.45) is 0 Å². The molecule has 0 aliphatic heterocycles. The number of ether oxygens (including phenoxy) is 1. The first-order valence-electron chi connectivity index (χ1n) is 6.06. The number of non-ortho nitro benzene ring substituents is 1. The summed E-state index contributed by atoms with van der Waals surface area (Å²) in [6.45, 7) is 6.79. The summed E-state index contributed by atoms with van der Waals surface area (Å²) in [5, 5.41) is 11.1. The van der Waals surface area contributed by atoms with Gasteiger partial charge in [-0.3, -0.25) is 10.1 Å². The number of hydrogen-bond acceptors (Lipinski definition) is 5. The number of nitro groups is 1. The zero-order valence-corrected chi connectivity index (χ0v) is 11.7. The number of benzene rings is 1. The van der Waals surface area contributed by atoms with Crippen LogP contribution in [0.5, 0.6) is 0 Å². The van der Waals surface area contributed by atoms with E-state index in [0.717, 1.165) is 4.57 Å². The summed E-state index contributed by atoms with van der Waals surface area (Å²) in [4.78, 5) is 26.9. The lowest BCUT2D eigenvalue weighted by Crippen LogP contribution is -2.27. The van der Waals surface area contributed by atoms with Crippen molar-refractivity contribution in [1.29, 1.82) is 0 Å². The first-order valence-corrected chi connectivity index (χ1v) is 6.06. The van der Waals surface area contributed by atoms with Crippen molar-refractivity contribution in [3.8, 4) is 0 Å². The van der Waals surface area contributed by atoms with Crippen LogP contribution >= 0.6 is 0 Å². The van der Waals surface area contributed by atoms with Gasteiger partial charge < -0.3 is 4.74 Å². The van der Waals surface area contributed by atoms with Gasteiger partial charge in [-0.25, -0.2) is 14.3 Å². The monoisotopic (exact) mass is 277 g/mol. The number of rotatable bonds is 1. The molecular weight excluding hydrogens is 262 g/mol.